The normalized spacial score (nSPS) is 21.9. The molecule has 0 heterocycles. The summed E-state index contributed by atoms with van der Waals surface area (Å²) in [5.74, 6) is 0. The number of carbonyl (C=O) groups excluding carboxylic acids is 2. The minimum Gasteiger partial charge on any atom is -0.391 e. The summed E-state index contributed by atoms with van der Waals surface area (Å²) >= 11 is 0. The predicted octanol–water partition coefficient (Wildman–Crippen LogP) is -4.70. The summed E-state index contributed by atoms with van der Waals surface area (Å²) in [6.45, 7) is 2.48. The maximum absolute atomic E-state index is 9.87. The van der Waals surface area contributed by atoms with Gasteiger partial charge in [0.1, 0.15) is 36.6 Å². The van der Waals surface area contributed by atoms with Crippen LogP contribution in [-0.4, -0.2) is 102 Å². The molecule has 22 heavy (non-hydrogen) atoms. The van der Waals surface area contributed by atoms with Crippen LogP contribution in [-0.2, 0) is 9.59 Å². The van der Waals surface area contributed by atoms with Gasteiger partial charge in [-0.2, -0.15) is 0 Å². The van der Waals surface area contributed by atoms with E-state index in [1.165, 1.54) is 13.8 Å². The predicted molar refractivity (Wildman–Crippen MR) is 71.5 cm³/mol. The zero-order chi connectivity index (χ0) is 18.0. The van der Waals surface area contributed by atoms with E-state index in [1.807, 2.05) is 0 Å². The minimum atomic E-state index is -1.65. The summed E-state index contributed by atoms with van der Waals surface area (Å²) in [5.41, 5.74) is 0. The maximum Gasteiger partial charge on any atom is 0.151 e. The molecule has 0 aromatic rings. The van der Waals surface area contributed by atoms with Gasteiger partial charge < -0.3 is 50.4 Å². The van der Waals surface area contributed by atoms with Crippen molar-refractivity contribution in [3.05, 3.63) is 0 Å². The van der Waals surface area contributed by atoms with Crippen molar-refractivity contribution in [2.45, 2.75) is 62.7 Å². The monoisotopic (exact) mass is 328 g/mol. The Hall–Kier alpha value is -0.980. The lowest BCUT2D eigenvalue weighted by molar-refractivity contribution is -0.132. The highest BCUT2D eigenvalue weighted by Crippen LogP contribution is 2.03. The van der Waals surface area contributed by atoms with E-state index in [4.69, 9.17) is 40.9 Å². The van der Waals surface area contributed by atoms with Crippen LogP contribution in [0.25, 0.3) is 0 Å². The van der Waals surface area contributed by atoms with Crippen molar-refractivity contribution in [1.82, 2.24) is 0 Å². The fourth-order valence-electron chi connectivity index (χ4n) is 1.14. The largest absolute Gasteiger partial charge is 0.391 e. The third kappa shape index (κ3) is 8.46. The second-order valence-corrected chi connectivity index (χ2v) is 4.70. The molecule has 0 saturated heterocycles. The van der Waals surface area contributed by atoms with Gasteiger partial charge in [-0.1, -0.05) is 0 Å². The summed E-state index contributed by atoms with van der Waals surface area (Å²) in [6.07, 6.45) is -11.8. The molecule has 0 aliphatic rings. The molecule has 0 aliphatic carbocycles. The SMILES string of the molecule is C[C@H](O)[C@@H](O)[C@@H](O)[C@H](O)C=O.C[C@H](O)[C@H](O)[C@H](O)[C@@H](O)C=O. The van der Waals surface area contributed by atoms with Crippen molar-refractivity contribution < 1.29 is 50.4 Å². The van der Waals surface area contributed by atoms with Gasteiger partial charge in [0.05, 0.1) is 12.2 Å². The fraction of sp³-hybridized carbons (Fsp3) is 0.833. The number of carbonyl (C=O) groups is 2. The minimum absolute atomic E-state index is 0.0935. The van der Waals surface area contributed by atoms with Crippen molar-refractivity contribution in [3.8, 4) is 0 Å². The van der Waals surface area contributed by atoms with E-state index < -0.39 is 48.8 Å². The van der Waals surface area contributed by atoms with Crippen molar-refractivity contribution in [2.75, 3.05) is 0 Å². The van der Waals surface area contributed by atoms with Crippen molar-refractivity contribution in [3.63, 3.8) is 0 Å². The Balaban J connectivity index is 0. The molecule has 0 bridgehead atoms. The zero-order valence-corrected chi connectivity index (χ0v) is 12.2. The van der Waals surface area contributed by atoms with E-state index >= 15 is 0 Å². The van der Waals surface area contributed by atoms with Gasteiger partial charge in [0.2, 0.25) is 0 Å². The molecule has 0 aromatic carbocycles. The van der Waals surface area contributed by atoms with E-state index in [0.717, 1.165) is 0 Å². The fourth-order valence-corrected chi connectivity index (χ4v) is 1.14. The maximum atomic E-state index is 9.87. The van der Waals surface area contributed by atoms with Gasteiger partial charge in [-0.25, -0.2) is 0 Å². The molecule has 0 fully saturated rings. The van der Waals surface area contributed by atoms with Crippen molar-refractivity contribution in [1.29, 1.82) is 0 Å². The summed E-state index contributed by atoms with van der Waals surface area (Å²) in [5, 5.41) is 70.2. The van der Waals surface area contributed by atoms with Crippen LogP contribution >= 0.6 is 0 Å². The Morgan fingerprint density at radius 1 is 0.545 bits per heavy atom. The first-order valence-corrected chi connectivity index (χ1v) is 6.36. The van der Waals surface area contributed by atoms with Crippen LogP contribution in [0.2, 0.25) is 0 Å². The van der Waals surface area contributed by atoms with E-state index in [1.54, 1.807) is 0 Å². The molecule has 0 rings (SSSR count). The topological polar surface area (TPSA) is 196 Å². The molecule has 132 valence electrons. The number of hydrogen-bond donors (Lipinski definition) is 8. The average Bonchev–Trinajstić information content (AvgIpc) is 2.50. The van der Waals surface area contributed by atoms with Crippen LogP contribution in [0.5, 0.6) is 0 Å². The highest BCUT2D eigenvalue weighted by atomic mass is 16.4. The first-order valence-electron chi connectivity index (χ1n) is 6.36. The van der Waals surface area contributed by atoms with Crippen LogP contribution in [0.1, 0.15) is 13.8 Å². The van der Waals surface area contributed by atoms with Crippen LogP contribution < -0.4 is 0 Å². The zero-order valence-electron chi connectivity index (χ0n) is 12.2. The molecule has 0 saturated carbocycles. The molecule has 0 amide bonds. The number of hydrogen-bond acceptors (Lipinski definition) is 10. The Morgan fingerprint density at radius 3 is 0.909 bits per heavy atom. The van der Waals surface area contributed by atoms with Gasteiger partial charge >= 0.3 is 0 Å². The van der Waals surface area contributed by atoms with Crippen LogP contribution in [0.3, 0.4) is 0 Å². The van der Waals surface area contributed by atoms with Crippen molar-refractivity contribution in [2.24, 2.45) is 0 Å². The Morgan fingerprint density at radius 2 is 0.773 bits per heavy atom. The smallest absolute Gasteiger partial charge is 0.151 e. The second-order valence-electron chi connectivity index (χ2n) is 4.70. The third-order valence-electron chi connectivity index (χ3n) is 2.67. The highest BCUT2D eigenvalue weighted by molar-refractivity contribution is 5.57. The molecule has 0 aliphatic heterocycles. The summed E-state index contributed by atoms with van der Waals surface area (Å²) in [7, 11) is 0. The molecule has 10 heteroatoms. The van der Waals surface area contributed by atoms with Gasteiger partial charge in [0.25, 0.3) is 0 Å². The van der Waals surface area contributed by atoms with Crippen LogP contribution in [0, 0.1) is 0 Å². The summed E-state index contributed by atoms with van der Waals surface area (Å²) in [6, 6.07) is 0. The number of rotatable bonds is 8. The average molecular weight is 328 g/mol. The number of aliphatic hydroxyl groups excluding tert-OH is 8. The molecule has 8 N–H and O–H groups in total. The molecular formula is C12H24O10. The lowest BCUT2D eigenvalue weighted by Crippen LogP contribution is -2.43. The van der Waals surface area contributed by atoms with Crippen LogP contribution in [0.4, 0.5) is 0 Å². The van der Waals surface area contributed by atoms with Gasteiger partial charge in [0, 0.05) is 0 Å². The van der Waals surface area contributed by atoms with Crippen molar-refractivity contribution >= 4 is 12.6 Å². The number of aldehydes is 2. The first kappa shape index (κ1) is 23.3. The van der Waals surface area contributed by atoms with E-state index in [0.29, 0.717) is 0 Å². The summed E-state index contributed by atoms with van der Waals surface area (Å²) < 4.78 is 0. The first-order chi connectivity index (χ1) is 10.0. The Kier molecular flexibility index (Phi) is 12.2. The lowest BCUT2D eigenvalue weighted by Gasteiger charge is -2.21. The quantitative estimate of drug-likeness (QED) is 0.200. The van der Waals surface area contributed by atoms with Gasteiger partial charge in [-0.05, 0) is 13.8 Å². The van der Waals surface area contributed by atoms with Gasteiger partial charge in [-0.3, -0.25) is 0 Å². The molecule has 10 nitrogen and oxygen atoms in total. The number of aliphatic hydroxyl groups is 8. The molecule has 0 spiro atoms. The van der Waals surface area contributed by atoms with Gasteiger partial charge in [0.15, 0.2) is 12.6 Å². The van der Waals surface area contributed by atoms with Crippen LogP contribution in [0.15, 0.2) is 0 Å². The standard InChI is InChI=1S/2C6H12O5/c2*1-3(8)5(10)6(11)4(9)2-7/h2*2-6,8-11H,1H3/t3-,4+,5+,6-;3-,4-,5-,6+/m00/s1. The van der Waals surface area contributed by atoms with E-state index in [-0.39, 0.29) is 12.6 Å². The Labute approximate surface area is 126 Å². The molecular weight excluding hydrogens is 304 g/mol. The molecule has 0 unspecified atom stereocenters. The molecule has 8 atom stereocenters. The third-order valence-corrected chi connectivity index (χ3v) is 2.67. The summed E-state index contributed by atoms with van der Waals surface area (Å²) in [4.78, 5) is 19.7. The molecule has 0 radical (unpaired) electrons. The van der Waals surface area contributed by atoms with E-state index in [9.17, 15) is 9.59 Å². The Bertz CT molecular complexity index is 278. The van der Waals surface area contributed by atoms with E-state index in [2.05, 4.69) is 0 Å². The lowest BCUT2D eigenvalue weighted by atomic mass is 10.1. The van der Waals surface area contributed by atoms with Gasteiger partial charge in [-0.15, -0.1) is 0 Å². The second kappa shape index (κ2) is 11.6. The highest BCUT2D eigenvalue weighted by Gasteiger charge is 2.28. The molecule has 0 aromatic heterocycles.